The summed E-state index contributed by atoms with van der Waals surface area (Å²) in [6.07, 6.45) is 1.28. The van der Waals surface area contributed by atoms with Crippen molar-refractivity contribution in [3.63, 3.8) is 0 Å². The third kappa shape index (κ3) is 5.02. The zero-order chi connectivity index (χ0) is 20.5. The van der Waals surface area contributed by atoms with Gasteiger partial charge in [0.25, 0.3) is 5.91 Å². The lowest BCUT2D eigenvalue weighted by Crippen LogP contribution is -2.14. The van der Waals surface area contributed by atoms with Crippen LogP contribution in [-0.4, -0.2) is 33.2 Å². The number of nitrogens with one attached hydrogen (secondary N) is 2. The maximum Gasteiger partial charge on any atom is 0.337 e. The Hall–Kier alpha value is -3.99. The number of esters is 1. The van der Waals surface area contributed by atoms with Crippen LogP contribution < -0.4 is 20.1 Å². The zero-order valence-corrected chi connectivity index (χ0v) is 15.6. The van der Waals surface area contributed by atoms with Crippen LogP contribution in [0.1, 0.15) is 10.4 Å². The minimum atomic E-state index is -0.589. The number of nitrogens with zero attached hydrogens (tertiary/aromatic N) is 1. The van der Waals surface area contributed by atoms with Crippen LogP contribution in [0.5, 0.6) is 11.5 Å². The van der Waals surface area contributed by atoms with E-state index in [0.717, 1.165) is 0 Å². The van der Waals surface area contributed by atoms with Crippen LogP contribution >= 0.6 is 0 Å². The van der Waals surface area contributed by atoms with E-state index in [2.05, 4.69) is 15.4 Å². The maximum absolute atomic E-state index is 12.3. The number of methoxy groups -OCH3 is 3. The molecule has 2 aromatic rings. The quantitative estimate of drug-likeness (QED) is 0.431. The van der Waals surface area contributed by atoms with Gasteiger partial charge in [0.05, 0.1) is 26.9 Å². The van der Waals surface area contributed by atoms with Crippen LogP contribution in [-0.2, 0) is 9.53 Å². The van der Waals surface area contributed by atoms with E-state index in [1.54, 1.807) is 42.5 Å². The number of ether oxygens (including phenoxy) is 3. The second-order valence-electron chi connectivity index (χ2n) is 5.41. The van der Waals surface area contributed by atoms with Crippen molar-refractivity contribution in [1.29, 1.82) is 5.26 Å². The molecule has 0 aliphatic heterocycles. The minimum Gasteiger partial charge on any atom is -0.493 e. The molecule has 144 valence electrons. The molecule has 0 bridgehead atoms. The average molecular weight is 381 g/mol. The molecule has 0 atom stereocenters. The summed E-state index contributed by atoms with van der Waals surface area (Å²) >= 11 is 0. The molecule has 0 saturated carbocycles. The first-order valence-corrected chi connectivity index (χ1v) is 8.11. The molecular weight excluding hydrogens is 362 g/mol. The molecule has 0 heterocycles. The maximum atomic E-state index is 12.3. The van der Waals surface area contributed by atoms with Gasteiger partial charge in [0.1, 0.15) is 11.6 Å². The fourth-order valence-corrected chi connectivity index (χ4v) is 2.24. The Morgan fingerprint density at radius 3 is 2.18 bits per heavy atom. The Bertz CT molecular complexity index is 930. The van der Waals surface area contributed by atoms with Gasteiger partial charge in [-0.3, -0.25) is 4.79 Å². The molecule has 8 heteroatoms. The molecular formula is C20H19N3O5. The van der Waals surface area contributed by atoms with Crippen LogP contribution in [0.15, 0.2) is 54.2 Å². The van der Waals surface area contributed by atoms with Crippen molar-refractivity contribution in [3.8, 4) is 17.6 Å². The number of rotatable bonds is 7. The van der Waals surface area contributed by atoms with Gasteiger partial charge in [-0.25, -0.2) is 4.79 Å². The number of carbonyl (C=O) groups is 2. The van der Waals surface area contributed by atoms with Gasteiger partial charge in [-0.1, -0.05) is 0 Å². The number of anilines is 2. The molecule has 0 aliphatic carbocycles. The lowest BCUT2D eigenvalue weighted by Gasteiger charge is -2.10. The summed E-state index contributed by atoms with van der Waals surface area (Å²) in [6, 6.07) is 13.1. The Balaban J connectivity index is 2.08. The van der Waals surface area contributed by atoms with Crippen LogP contribution in [0.4, 0.5) is 11.4 Å². The third-order valence-corrected chi connectivity index (χ3v) is 3.70. The lowest BCUT2D eigenvalue weighted by molar-refractivity contribution is -0.112. The average Bonchev–Trinajstić information content (AvgIpc) is 2.73. The van der Waals surface area contributed by atoms with E-state index in [1.165, 1.54) is 27.5 Å². The number of hydrogen-bond donors (Lipinski definition) is 2. The molecule has 0 radical (unpaired) electrons. The van der Waals surface area contributed by atoms with Crippen molar-refractivity contribution < 1.29 is 23.8 Å². The largest absolute Gasteiger partial charge is 0.493 e. The highest BCUT2D eigenvalue weighted by molar-refractivity contribution is 6.06. The van der Waals surface area contributed by atoms with E-state index in [4.69, 9.17) is 9.47 Å². The molecule has 1 amide bonds. The van der Waals surface area contributed by atoms with Crippen LogP contribution in [0, 0.1) is 11.3 Å². The summed E-state index contributed by atoms with van der Waals surface area (Å²) in [5, 5.41) is 14.7. The fourth-order valence-electron chi connectivity index (χ4n) is 2.24. The summed E-state index contributed by atoms with van der Waals surface area (Å²) in [7, 11) is 4.29. The number of amides is 1. The highest BCUT2D eigenvalue weighted by Crippen LogP contribution is 2.29. The van der Waals surface area contributed by atoms with Gasteiger partial charge in [0.15, 0.2) is 11.5 Å². The van der Waals surface area contributed by atoms with Crippen LogP contribution in [0.25, 0.3) is 0 Å². The van der Waals surface area contributed by atoms with Crippen molar-refractivity contribution in [1.82, 2.24) is 0 Å². The van der Waals surface area contributed by atoms with Gasteiger partial charge in [-0.2, -0.15) is 5.26 Å². The third-order valence-electron chi connectivity index (χ3n) is 3.70. The molecule has 0 saturated heterocycles. The van der Waals surface area contributed by atoms with Gasteiger partial charge in [0, 0.05) is 23.6 Å². The van der Waals surface area contributed by atoms with Crippen molar-refractivity contribution in [2.45, 2.75) is 0 Å². The van der Waals surface area contributed by atoms with Crippen molar-refractivity contribution in [2.24, 2.45) is 0 Å². The molecule has 0 unspecified atom stereocenters. The molecule has 0 aromatic heterocycles. The van der Waals surface area contributed by atoms with Crippen molar-refractivity contribution >= 4 is 23.3 Å². The summed E-state index contributed by atoms with van der Waals surface area (Å²) in [6.45, 7) is 0. The zero-order valence-electron chi connectivity index (χ0n) is 15.6. The lowest BCUT2D eigenvalue weighted by atomic mass is 10.2. The topological polar surface area (TPSA) is 110 Å². The van der Waals surface area contributed by atoms with Gasteiger partial charge >= 0.3 is 5.97 Å². The second kappa shape index (κ2) is 9.64. The molecule has 2 rings (SSSR count). The first kappa shape index (κ1) is 20.3. The number of carbonyl (C=O) groups excluding carboxylic acids is 2. The predicted molar refractivity (Wildman–Crippen MR) is 103 cm³/mol. The van der Waals surface area contributed by atoms with E-state index in [9.17, 15) is 14.9 Å². The summed E-state index contributed by atoms with van der Waals surface area (Å²) in [4.78, 5) is 23.7. The van der Waals surface area contributed by atoms with Gasteiger partial charge < -0.3 is 24.8 Å². The van der Waals surface area contributed by atoms with Crippen LogP contribution in [0.3, 0.4) is 0 Å². The van der Waals surface area contributed by atoms with Crippen LogP contribution in [0.2, 0.25) is 0 Å². The molecule has 0 spiro atoms. The van der Waals surface area contributed by atoms with E-state index < -0.39 is 11.9 Å². The standard InChI is InChI=1S/C20H19N3O5/c1-26-17-9-8-16(10-18(17)27-2)23-19(24)14(11-21)12-22-15-6-4-13(5-7-15)20(25)28-3/h4-10,12,22H,1-3H3,(H,23,24)/b14-12-. The Kier molecular flexibility index (Phi) is 6.99. The van der Waals surface area contributed by atoms with Gasteiger partial charge in [-0.05, 0) is 36.4 Å². The van der Waals surface area contributed by atoms with Crippen molar-refractivity contribution in [2.75, 3.05) is 32.0 Å². The Morgan fingerprint density at radius 2 is 1.61 bits per heavy atom. The fraction of sp³-hybridized carbons (Fsp3) is 0.150. The monoisotopic (exact) mass is 381 g/mol. The molecule has 0 fully saturated rings. The van der Waals surface area contributed by atoms with Crippen molar-refractivity contribution in [3.05, 3.63) is 59.8 Å². The van der Waals surface area contributed by atoms with E-state index in [1.807, 2.05) is 6.07 Å². The Morgan fingerprint density at radius 1 is 0.964 bits per heavy atom. The molecule has 2 aromatic carbocycles. The van der Waals surface area contributed by atoms with E-state index in [-0.39, 0.29) is 5.57 Å². The second-order valence-corrected chi connectivity index (χ2v) is 5.41. The van der Waals surface area contributed by atoms with E-state index >= 15 is 0 Å². The molecule has 2 N–H and O–H groups in total. The first-order valence-electron chi connectivity index (χ1n) is 8.11. The number of nitriles is 1. The van der Waals surface area contributed by atoms with E-state index in [0.29, 0.717) is 28.4 Å². The molecule has 28 heavy (non-hydrogen) atoms. The number of benzene rings is 2. The van der Waals surface area contributed by atoms with Gasteiger partial charge in [-0.15, -0.1) is 0 Å². The van der Waals surface area contributed by atoms with Gasteiger partial charge in [0.2, 0.25) is 0 Å². The summed E-state index contributed by atoms with van der Waals surface area (Å²) in [5.41, 5.74) is 1.31. The smallest absolute Gasteiger partial charge is 0.337 e. The molecule has 8 nitrogen and oxygen atoms in total. The number of hydrogen-bond acceptors (Lipinski definition) is 7. The Labute approximate surface area is 162 Å². The highest BCUT2D eigenvalue weighted by atomic mass is 16.5. The normalized spacial score (nSPS) is 10.4. The SMILES string of the molecule is COC(=O)c1ccc(N/C=C(/C#N)C(=O)Nc2ccc(OC)c(OC)c2)cc1. The predicted octanol–water partition coefficient (Wildman–Crippen LogP) is 2.95. The summed E-state index contributed by atoms with van der Waals surface area (Å²) < 4.78 is 15.0. The molecule has 0 aliphatic rings. The first-order chi connectivity index (χ1) is 13.5. The minimum absolute atomic E-state index is 0.133. The highest BCUT2D eigenvalue weighted by Gasteiger charge is 2.12. The summed E-state index contributed by atoms with van der Waals surface area (Å²) in [5.74, 6) is -0.0669.